The largest absolute Gasteiger partial charge is 0.416 e. The number of amides is 1. The molecule has 1 amide bonds. The number of carbonyl (C=O) groups is 1. The lowest BCUT2D eigenvalue weighted by Gasteiger charge is -2.36. The first-order valence-electron chi connectivity index (χ1n) is 12.2. The van der Waals surface area contributed by atoms with Crippen LogP contribution in [-0.4, -0.2) is 54.6 Å². The van der Waals surface area contributed by atoms with Gasteiger partial charge in [-0.3, -0.25) is 9.48 Å². The molecule has 1 aliphatic heterocycles. The number of carbonyl (C=O) groups excluding carboxylic acids is 1. The van der Waals surface area contributed by atoms with Gasteiger partial charge in [-0.25, -0.2) is 8.42 Å². The van der Waals surface area contributed by atoms with Gasteiger partial charge in [0.1, 0.15) is 0 Å². The second-order valence-electron chi connectivity index (χ2n) is 9.19. The first kappa shape index (κ1) is 27.6. The van der Waals surface area contributed by atoms with Gasteiger partial charge in [0.2, 0.25) is 5.03 Å². The maximum atomic E-state index is 13.6. The second-order valence-corrected chi connectivity index (χ2v) is 11.0. The third-order valence-corrected chi connectivity index (χ3v) is 8.58. The number of hydrogen-bond donors (Lipinski definition) is 1. The van der Waals surface area contributed by atoms with Crippen molar-refractivity contribution in [3.05, 3.63) is 76.5 Å². The van der Waals surface area contributed by atoms with Gasteiger partial charge in [-0.05, 0) is 55.7 Å². The molecule has 2 heterocycles. The Balaban J connectivity index is 1.50. The summed E-state index contributed by atoms with van der Waals surface area (Å²) in [7, 11) is -4.09. The van der Waals surface area contributed by atoms with Gasteiger partial charge in [-0.15, -0.1) is 0 Å². The molecule has 38 heavy (non-hydrogen) atoms. The lowest BCUT2D eigenvalue weighted by molar-refractivity contribution is -0.137. The maximum absolute atomic E-state index is 13.6. The van der Waals surface area contributed by atoms with E-state index in [1.165, 1.54) is 27.3 Å². The molecule has 0 unspecified atom stereocenters. The van der Waals surface area contributed by atoms with E-state index in [0.29, 0.717) is 19.6 Å². The van der Waals surface area contributed by atoms with Crippen molar-refractivity contribution >= 4 is 21.6 Å². The molecule has 0 spiro atoms. The summed E-state index contributed by atoms with van der Waals surface area (Å²) in [6.45, 7) is 7.37. The molecule has 204 valence electrons. The number of piperazine rings is 1. The van der Waals surface area contributed by atoms with Crippen molar-refractivity contribution in [1.82, 2.24) is 19.4 Å². The van der Waals surface area contributed by atoms with Crippen LogP contribution in [-0.2, 0) is 29.3 Å². The summed E-state index contributed by atoms with van der Waals surface area (Å²) in [5, 5.41) is 6.34. The minimum atomic E-state index is -4.51. The lowest BCUT2D eigenvalue weighted by Crippen LogP contribution is -2.49. The van der Waals surface area contributed by atoms with Crippen molar-refractivity contribution in [3.63, 3.8) is 0 Å². The molecule has 2 aromatic carbocycles. The highest BCUT2D eigenvalue weighted by Crippen LogP contribution is 2.30. The summed E-state index contributed by atoms with van der Waals surface area (Å²) in [5.74, 6) is -0.727. The van der Waals surface area contributed by atoms with Crippen molar-refractivity contribution in [3.8, 4) is 0 Å². The third-order valence-electron chi connectivity index (χ3n) is 6.74. The molecule has 0 atom stereocenters. The summed E-state index contributed by atoms with van der Waals surface area (Å²) < 4.78 is 68.9. The van der Waals surface area contributed by atoms with Gasteiger partial charge in [0.25, 0.3) is 15.9 Å². The van der Waals surface area contributed by atoms with E-state index in [4.69, 9.17) is 0 Å². The van der Waals surface area contributed by atoms with Crippen LogP contribution in [0.2, 0.25) is 0 Å². The van der Waals surface area contributed by atoms with Crippen LogP contribution < -0.4 is 10.2 Å². The van der Waals surface area contributed by atoms with Crippen LogP contribution in [0.15, 0.2) is 53.7 Å². The molecule has 1 saturated heterocycles. The van der Waals surface area contributed by atoms with Crippen molar-refractivity contribution in [2.45, 2.75) is 45.1 Å². The number of nitrogens with one attached hydrogen (secondary N) is 1. The number of halogens is 3. The van der Waals surface area contributed by atoms with E-state index in [0.717, 1.165) is 28.9 Å². The number of benzene rings is 2. The van der Waals surface area contributed by atoms with Crippen molar-refractivity contribution < 1.29 is 26.4 Å². The molecule has 1 aliphatic rings. The fraction of sp³-hybridized carbons (Fsp3) is 0.385. The number of anilines is 1. The first-order chi connectivity index (χ1) is 17.9. The molecule has 1 fully saturated rings. The highest BCUT2D eigenvalue weighted by molar-refractivity contribution is 7.89. The molecule has 0 aliphatic carbocycles. The second kappa shape index (κ2) is 10.8. The summed E-state index contributed by atoms with van der Waals surface area (Å²) in [4.78, 5) is 15.1. The summed E-state index contributed by atoms with van der Waals surface area (Å²) in [6, 6.07) is 10.6. The molecular weight excluding hydrogens is 519 g/mol. The van der Waals surface area contributed by atoms with Gasteiger partial charge < -0.3 is 10.2 Å². The molecule has 3 aromatic rings. The number of nitrogens with zero attached hydrogens (tertiary/aromatic N) is 4. The number of hydrogen-bond acceptors (Lipinski definition) is 5. The van der Waals surface area contributed by atoms with Crippen LogP contribution in [0.25, 0.3) is 0 Å². The minimum absolute atomic E-state index is 0.143. The zero-order valence-corrected chi connectivity index (χ0v) is 22.2. The predicted molar refractivity (Wildman–Crippen MR) is 137 cm³/mol. The van der Waals surface area contributed by atoms with Gasteiger partial charge in [-0.2, -0.15) is 22.6 Å². The van der Waals surface area contributed by atoms with E-state index < -0.39 is 27.7 Å². The molecule has 0 bridgehead atoms. The lowest BCUT2D eigenvalue weighted by atomic mass is 10.1. The fourth-order valence-electron chi connectivity index (χ4n) is 4.42. The molecule has 8 nitrogen and oxygen atoms in total. The Morgan fingerprint density at radius 1 is 1.05 bits per heavy atom. The number of sulfonamides is 1. The van der Waals surface area contributed by atoms with Crippen LogP contribution in [0.3, 0.4) is 0 Å². The average molecular weight is 550 g/mol. The highest BCUT2D eigenvalue weighted by Gasteiger charge is 2.35. The smallest absolute Gasteiger partial charge is 0.369 e. The van der Waals surface area contributed by atoms with Crippen LogP contribution in [0.5, 0.6) is 0 Å². The van der Waals surface area contributed by atoms with Gasteiger partial charge in [0.15, 0.2) is 0 Å². The fourth-order valence-corrected chi connectivity index (χ4v) is 5.94. The van der Waals surface area contributed by atoms with Crippen molar-refractivity contribution in [1.29, 1.82) is 0 Å². The molecule has 0 radical (unpaired) electrons. The van der Waals surface area contributed by atoms with E-state index in [9.17, 15) is 26.4 Å². The topological polar surface area (TPSA) is 87.5 Å². The zero-order valence-electron chi connectivity index (χ0n) is 21.4. The van der Waals surface area contributed by atoms with Gasteiger partial charge >= 0.3 is 6.18 Å². The SMILES string of the molecule is CCn1cc(C(=O)NCc2cccc(C(F)(F)F)c2)c(S(=O)(=O)N2CCN(c3cccc(C)c3C)CC2)n1. The molecule has 1 aromatic heterocycles. The number of alkyl halides is 3. The minimum Gasteiger partial charge on any atom is -0.369 e. The summed E-state index contributed by atoms with van der Waals surface area (Å²) >= 11 is 0. The Morgan fingerprint density at radius 3 is 2.39 bits per heavy atom. The van der Waals surface area contributed by atoms with Crippen LogP contribution >= 0.6 is 0 Å². The Hall–Kier alpha value is -3.38. The normalized spacial score (nSPS) is 15.1. The Labute approximate surface area is 220 Å². The van der Waals surface area contributed by atoms with Gasteiger partial charge in [-0.1, -0.05) is 24.3 Å². The predicted octanol–water partition coefficient (Wildman–Crippen LogP) is 3.98. The van der Waals surface area contributed by atoms with E-state index in [2.05, 4.69) is 15.3 Å². The first-order valence-corrected chi connectivity index (χ1v) is 13.7. The Kier molecular flexibility index (Phi) is 7.84. The van der Waals surface area contributed by atoms with E-state index in [1.807, 2.05) is 32.0 Å². The van der Waals surface area contributed by atoms with Crippen molar-refractivity contribution in [2.75, 3.05) is 31.1 Å². The van der Waals surface area contributed by atoms with E-state index >= 15 is 0 Å². The van der Waals surface area contributed by atoms with Crippen LogP contribution in [0.4, 0.5) is 18.9 Å². The van der Waals surface area contributed by atoms with Crippen molar-refractivity contribution in [2.24, 2.45) is 0 Å². The number of rotatable bonds is 7. The Bertz CT molecular complexity index is 1430. The van der Waals surface area contributed by atoms with Gasteiger partial charge in [0.05, 0.1) is 11.1 Å². The summed E-state index contributed by atoms with van der Waals surface area (Å²) in [5.41, 5.74) is 2.63. The molecular formula is C26H30F3N5O3S. The standard InChI is InChI=1S/C26H30F3N5O3S/c1-4-33-17-22(24(35)30-16-20-8-6-9-21(15-20)26(27,28)29)25(31-33)38(36,37)34-13-11-32(12-14-34)23-10-5-7-18(2)19(23)3/h5-10,15,17H,4,11-14,16H2,1-3H3,(H,30,35). The number of aromatic nitrogens is 2. The molecule has 12 heteroatoms. The maximum Gasteiger partial charge on any atom is 0.416 e. The van der Waals surface area contributed by atoms with E-state index in [-0.39, 0.29) is 35.8 Å². The highest BCUT2D eigenvalue weighted by atomic mass is 32.2. The molecule has 1 N–H and O–H groups in total. The van der Waals surface area contributed by atoms with Crippen LogP contribution in [0.1, 0.15) is 39.5 Å². The van der Waals surface area contributed by atoms with Crippen LogP contribution in [0, 0.1) is 13.8 Å². The Morgan fingerprint density at radius 2 is 1.74 bits per heavy atom. The zero-order chi connectivity index (χ0) is 27.7. The molecule has 4 rings (SSSR count). The summed E-state index contributed by atoms with van der Waals surface area (Å²) in [6.07, 6.45) is -3.16. The molecule has 0 saturated carbocycles. The number of aryl methyl sites for hydroxylation is 2. The van der Waals surface area contributed by atoms with E-state index in [1.54, 1.807) is 6.92 Å². The monoisotopic (exact) mass is 549 g/mol. The average Bonchev–Trinajstić information content (AvgIpc) is 3.34. The third kappa shape index (κ3) is 5.70. The quantitative estimate of drug-likeness (QED) is 0.482. The van der Waals surface area contributed by atoms with Gasteiger partial charge in [0, 0.05) is 51.2 Å².